The van der Waals surface area contributed by atoms with Crippen LogP contribution in [0.5, 0.6) is 0 Å². The van der Waals surface area contributed by atoms with Crippen molar-refractivity contribution in [1.82, 2.24) is 15.5 Å². The number of aliphatic carboxylic acids is 1. The summed E-state index contributed by atoms with van der Waals surface area (Å²) in [5.41, 5.74) is -0.280. The zero-order valence-corrected chi connectivity index (χ0v) is 9.97. The molecule has 1 amide bonds. The monoisotopic (exact) mass is 237 g/mol. The molecule has 0 saturated heterocycles. The van der Waals surface area contributed by atoms with Gasteiger partial charge in [-0.05, 0) is 11.5 Å². The lowest BCUT2D eigenvalue weighted by molar-refractivity contribution is -0.142. The van der Waals surface area contributed by atoms with Crippen molar-refractivity contribution in [3.63, 3.8) is 0 Å². The summed E-state index contributed by atoms with van der Waals surface area (Å²) < 4.78 is 0. The van der Waals surface area contributed by atoms with Gasteiger partial charge in [-0.25, -0.2) is 4.79 Å². The fourth-order valence-corrected chi connectivity index (χ4v) is 1.29. The van der Waals surface area contributed by atoms with Crippen LogP contribution in [0.3, 0.4) is 0 Å². The van der Waals surface area contributed by atoms with Crippen molar-refractivity contribution in [2.45, 2.75) is 26.8 Å². The number of aromatic nitrogens is 2. The standard InChI is InChI=1S/C11H15N3O3/c1-11(2,3)8(10(16)17)14-9(15)7-4-5-12-13-6-7/h4-6,8H,1-3H3,(H,14,15)(H,16,17)/t8-/m0/s1. The highest BCUT2D eigenvalue weighted by molar-refractivity contribution is 5.96. The first-order valence-electron chi connectivity index (χ1n) is 5.12. The molecule has 17 heavy (non-hydrogen) atoms. The van der Waals surface area contributed by atoms with Gasteiger partial charge in [0, 0.05) is 0 Å². The summed E-state index contributed by atoms with van der Waals surface area (Å²) >= 11 is 0. The zero-order chi connectivity index (χ0) is 13.1. The number of amides is 1. The van der Waals surface area contributed by atoms with E-state index in [1.165, 1.54) is 18.5 Å². The first-order valence-corrected chi connectivity index (χ1v) is 5.12. The van der Waals surface area contributed by atoms with E-state index in [-0.39, 0.29) is 5.56 Å². The average molecular weight is 237 g/mol. The van der Waals surface area contributed by atoms with Gasteiger partial charge in [-0.1, -0.05) is 20.8 Å². The van der Waals surface area contributed by atoms with E-state index in [2.05, 4.69) is 15.5 Å². The van der Waals surface area contributed by atoms with Crippen LogP contribution in [0.4, 0.5) is 0 Å². The number of nitrogens with one attached hydrogen (secondary N) is 1. The van der Waals surface area contributed by atoms with E-state index in [4.69, 9.17) is 5.11 Å². The highest BCUT2D eigenvalue weighted by atomic mass is 16.4. The van der Waals surface area contributed by atoms with Crippen LogP contribution in [0, 0.1) is 5.41 Å². The van der Waals surface area contributed by atoms with Crippen LogP contribution in [0.1, 0.15) is 31.1 Å². The van der Waals surface area contributed by atoms with Gasteiger partial charge in [-0.2, -0.15) is 10.2 Å². The van der Waals surface area contributed by atoms with Crippen molar-refractivity contribution in [2.75, 3.05) is 0 Å². The maximum atomic E-state index is 11.8. The number of hydrogen-bond acceptors (Lipinski definition) is 4. The van der Waals surface area contributed by atoms with Gasteiger partial charge in [0.15, 0.2) is 0 Å². The van der Waals surface area contributed by atoms with E-state index in [1.807, 2.05) is 0 Å². The van der Waals surface area contributed by atoms with Crippen LogP contribution in [-0.4, -0.2) is 33.2 Å². The highest BCUT2D eigenvalue weighted by Gasteiger charge is 2.32. The number of carboxylic acid groups (broad SMARTS) is 1. The predicted octanol–water partition coefficient (Wildman–Crippen LogP) is 0.706. The van der Waals surface area contributed by atoms with Gasteiger partial charge in [0.25, 0.3) is 5.91 Å². The number of hydrogen-bond donors (Lipinski definition) is 2. The largest absolute Gasteiger partial charge is 0.480 e. The summed E-state index contributed by atoms with van der Waals surface area (Å²) in [5, 5.41) is 18.6. The third kappa shape index (κ3) is 3.51. The molecule has 0 saturated carbocycles. The molecule has 0 aliphatic carbocycles. The second-order valence-corrected chi connectivity index (χ2v) is 4.74. The Bertz CT molecular complexity index is 412. The number of carbonyl (C=O) groups is 2. The van der Waals surface area contributed by atoms with E-state index in [0.717, 1.165) is 0 Å². The van der Waals surface area contributed by atoms with Crippen molar-refractivity contribution in [1.29, 1.82) is 0 Å². The van der Waals surface area contributed by atoms with Crippen LogP contribution < -0.4 is 5.32 Å². The lowest BCUT2D eigenvalue weighted by atomic mass is 9.86. The Morgan fingerprint density at radius 1 is 1.35 bits per heavy atom. The molecule has 0 radical (unpaired) electrons. The van der Waals surface area contributed by atoms with Gasteiger partial charge in [-0.15, -0.1) is 0 Å². The van der Waals surface area contributed by atoms with Gasteiger partial charge >= 0.3 is 5.97 Å². The number of rotatable bonds is 3. The maximum absolute atomic E-state index is 11.8. The quantitative estimate of drug-likeness (QED) is 0.807. The van der Waals surface area contributed by atoms with Crippen LogP contribution in [0.25, 0.3) is 0 Å². The van der Waals surface area contributed by atoms with E-state index in [9.17, 15) is 9.59 Å². The van der Waals surface area contributed by atoms with Crippen molar-refractivity contribution < 1.29 is 14.7 Å². The van der Waals surface area contributed by atoms with Crippen molar-refractivity contribution in [3.8, 4) is 0 Å². The zero-order valence-electron chi connectivity index (χ0n) is 9.97. The third-order valence-electron chi connectivity index (χ3n) is 2.23. The minimum Gasteiger partial charge on any atom is -0.480 e. The molecule has 6 heteroatoms. The minimum atomic E-state index is -1.06. The SMILES string of the molecule is CC(C)(C)[C@@H](NC(=O)c1ccnnc1)C(=O)O. The summed E-state index contributed by atoms with van der Waals surface area (Å²) in [5.74, 6) is -1.53. The molecule has 92 valence electrons. The topological polar surface area (TPSA) is 92.2 Å². The predicted molar refractivity (Wildman–Crippen MR) is 60.4 cm³/mol. The van der Waals surface area contributed by atoms with Crippen LogP contribution >= 0.6 is 0 Å². The number of carbonyl (C=O) groups excluding carboxylic acids is 1. The highest BCUT2D eigenvalue weighted by Crippen LogP contribution is 2.19. The summed E-state index contributed by atoms with van der Waals surface area (Å²) in [7, 11) is 0. The van der Waals surface area contributed by atoms with Crippen molar-refractivity contribution in [3.05, 3.63) is 24.0 Å². The Hall–Kier alpha value is -1.98. The second kappa shape index (κ2) is 4.90. The normalized spacial score (nSPS) is 12.9. The van der Waals surface area contributed by atoms with Crippen LogP contribution in [0.15, 0.2) is 18.5 Å². The van der Waals surface area contributed by atoms with Gasteiger partial charge in [0.05, 0.1) is 18.0 Å². The molecule has 0 bridgehead atoms. The van der Waals surface area contributed by atoms with Gasteiger partial charge in [-0.3, -0.25) is 4.79 Å². The smallest absolute Gasteiger partial charge is 0.326 e. The maximum Gasteiger partial charge on any atom is 0.326 e. The molecule has 0 unspecified atom stereocenters. The molecule has 1 atom stereocenters. The van der Waals surface area contributed by atoms with E-state index >= 15 is 0 Å². The molecule has 0 aliphatic heterocycles. The van der Waals surface area contributed by atoms with Crippen molar-refractivity contribution >= 4 is 11.9 Å². The fraction of sp³-hybridized carbons (Fsp3) is 0.455. The Morgan fingerprint density at radius 2 is 2.00 bits per heavy atom. The molecule has 1 aromatic heterocycles. The first-order chi connectivity index (χ1) is 7.82. The van der Waals surface area contributed by atoms with Gasteiger partial charge in [0.2, 0.25) is 0 Å². The summed E-state index contributed by atoms with van der Waals surface area (Å²) in [6, 6.07) is 0.521. The fourth-order valence-electron chi connectivity index (χ4n) is 1.29. The molecular weight excluding hydrogens is 222 g/mol. The van der Waals surface area contributed by atoms with E-state index in [0.29, 0.717) is 0 Å². The van der Waals surface area contributed by atoms with Crippen molar-refractivity contribution in [2.24, 2.45) is 5.41 Å². The summed E-state index contributed by atoms with van der Waals surface area (Å²) in [6.07, 6.45) is 2.67. The second-order valence-electron chi connectivity index (χ2n) is 4.74. The molecule has 6 nitrogen and oxygen atoms in total. The molecule has 0 spiro atoms. The molecule has 0 aromatic carbocycles. The first kappa shape index (κ1) is 13.1. The van der Waals surface area contributed by atoms with Gasteiger partial charge < -0.3 is 10.4 Å². The van der Waals surface area contributed by atoms with Crippen LogP contribution in [-0.2, 0) is 4.79 Å². The van der Waals surface area contributed by atoms with Gasteiger partial charge in [0.1, 0.15) is 6.04 Å². The Balaban J connectivity index is 2.83. The van der Waals surface area contributed by atoms with E-state index in [1.54, 1.807) is 20.8 Å². The molecule has 2 N–H and O–H groups in total. The summed E-state index contributed by atoms with van der Waals surface area (Å²) in [6.45, 7) is 5.24. The molecular formula is C11H15N3O3. The third-order valence-corrected chi connectivity index (χ3v) is 2.23. The molecule has 1 rings (SSSR count). The molecule has 1 heterocycles. The summed E-state index contributed by atoms with van der Waals surface area (Å²) in [4.78, 5) is 22.8. The molecule has 1 aromatic rings. The lowest BCUT2D eigenvalue weighted by Gasteiger charge is -2.27. The molecule has 0 aliphatic rings. The minimum absolute atomic E-state index is 0.288. The number of nitrogens with zero attached hydrogens (tertiary/aromatic N) is 2. The molecule has 0 fully saturated rings. The Morgan fingerprint density at radius 3 is 2.41 bits per heavy atom. The average Bonchev–Trinajstić information content (AvgIpc) is 2.24. The Kier molecular flexibility index (Phi) is 3.77. The lowest BCUT2D eigenvalue weighted by Crippen LogP contribution is -2.49. The van der Waals surface area contributed by atoms with E-state index < -0.39 is 23.3 Å². The van der Waals surface area contributed by atoms with Crippen LogP contribution in [0.2, 0.25) is 0 Å². The Labute approximate surface area is 99.1 Å². The number of carboxylic acids is 1.